The lowest BCUT2D eigenvalue weighted by atomic mass is 9.89. The number of benzene rings is 1. The summed E-state index contributed by atoms with van der Waals surface area (Å²) in [6, 6.07) is 9.81. The van der Waals surface area contributed by atoms with Gasteiger partial charge in [-0.05, 0) is 44.3 Å². The number of aliphatic hydroxyl groups excluding tert-OH is 1. The largest absolute Gasteiger partial charge is 0.481 e. The Bertz CT molecular complexity index is 609. The van der Waals surface area contributed by atoms with Crippen molar-refractivity contribution in [3.05, 3.63) is 35.9 Å². The van der Waals surface area contributed by atoms with Gasteiger partial charge in [-0.2, -0.15) is 0 Å². The molecule has 0 saturated carbocycles. The second-order valence-corrected chi connectivity index (χ2v) is 5.72. The van der Waals surface area contributed by atoms with Crippen LogP contribution in [0.25, 0.3) is 10.9 Å². The average Bonchev–Trinajstić information content (AvgIpc) is 2.54. The van der Waals surface area contributed by atoms with Crippen molar-refractivity contribution >= 4 is 10.9 Å². The van der Waals surface area contributed by atoms with Crippen LogP contribution in [0.4, 0.5) is 0 Å². The number of piperidine rings is 1. The Morgan fingerprint density at radius 1 is 1.29 bits per heavy atom. The van der Waals surface area contributed by atoms with Crippen molar-refractivity contribution in [2.45, 2.75) is 25.4 Å². The minimum Gasteiger partial charge on any atom is -0.481 e. The topological polar surface area (TPSA) is 54.4 Å². The number of aromatic nitrogens is 1. The van der Waals surface area contributed by atoms with E-state index in [2.05, 4.69) is 10.3 Å². The first-order chi connectivity index (χ1) is 10.3. The number of hydrogen-bond donors (Lipinski definition) is 2. The van der Waals surface area contributed by atoms with Crippen molar-refractivity contribution < 1.29 is 9.84 Å². The highest BCUT2D eigenvalue weighted by atomic mass is 16.5. The van der Waals surface area contributed by atoms with Crippen LogP contribution in [0, 0.1) is 5.92 Å². The van der Waals surface area contributed by atoms with Crippen LogP contribution in [0.15, 0.2) is 30.3 Å². The Morgan fingerprint density at radius 3 is 2.86 bits per heavy atom. The molecule has 3 rings (SSSR count). The number of nitrogens with one attached hydrogen (secondary N) is 1. The molecule has 1 aliphatic heterocycles. The van der Waals surface area contributed by atoms with Gasteiger partial charge in [0.05, 0.1) is 18.7 Å². The van der Waals surface area contributed by atoms with Gasteiger partial charge in [0, 0.05) is 17.0 Å². The number of aliphatic hydroxyl groups is 1. The predicted octanol–water partition coefficient (Wildman–Crippen LogP) is 2.67. The van der Waals surface area contributed by atoms with Gasteiger partial charge < -0.3 is 15.2 Å². The van der Waals surface area contributed by atoms with E-state index >= 15 is 0 Å². The summed E-state index contributed by atoms with van der Waals surface area (Å²) in [4.78, 5) is 4.51. The highest BCUT2D eigenvalue weighted by Crippen LogP contribution is 2.31. The Morgan fingerprint density at radius 2 is 2.10 bits per heavy atom. The zero-order chi connectivity index (χ0) is 14.7. The van der Waals surface area contributed by atoms with Crippen LogP contribution in [0.5, 0.6) is 5.88 Å². The number of rotatable bonds is 4. The lowest BCUT2D eigenvalue weighted by molar-refractivity contribution is 0.135. The molecule has 2 aromatic rings. The first kappa shape index (κ1) is 14.3. The van der Waals surface area contributed by atoms with Crippen LogP contribution in [-0.2, 0) is 0 Å². The van der Waals surface area contributed by atoms with E-state index in [1.54, 1.807) is 7.11 Å². The lowest BCUT2D eigenvalue weighted by Gasteiger charge is -2.25. The second kappa shape index (κ2) is 6.41. The fraction of sp³-hybridized carbons (Fsp3) is 0.471. The fourth-order valence-corrected chi connectivity index (χ4v) is 3.09. The molecule has 1 aromatic carbocycles. The van der Waals surface area contributed by atoms with Gasteiger partial charge in [0.15, 0.2) is 0 Å². The molecular formula is C17H22N2O2. The molecule has 112 valence electrons. The predicted molar refractivity (Wildman–Crippen MR) is 83.5 cm³/mol. The normalized spacial score (nSPS) is 17.8. The van der Waals surface area contributed by atoms with Crippen molar-refractivity contribution in [1.29, 1.82) is 0 Å². The van der Waals surface area contributed by atoms with E-state index in [4.69, 9.17) is 4.74 Å². The number of methoxy groups -OCH3 is 1. The van der Waals surface area contributed by atoms with Gasteiger partial charge in [0.1, 0.15) is 0 Å². The molecule has 0 aliphatic carbocycles. The van der Waals surface area contributed by atoms with E-state index in [1.807, 2.05) is 30.3 Å². The first-order valence-corrected chi connectivity index (χ1v) is 7.60. The standard InChI is InChI=1S/C17H22N2O2/c1-21-16-6-5-13-3-2-4-14(17(13)19-16)15(20)11-12-7-9-18-10-8-12/h2-6,12,15,18,20H,7-11H2,1H3. The first-order valence-electron chi connectivity index (χ1n) is 7.60. The average molecular weight is 286 g/mol. The van der Waals surface area contributed by atoms with Crippen molar-refractivity contribution in [3.63, 3.8) is 0 Å². The summed E-state index contributed by atoms with van der Waals surface area (Å²) >= 11 is 0. The number of nitrogens with zero attached hydrogens (tertiary/aromatic N) is 1. The molecule has 0 bridgehead atoms. The maximum atomic E-state index is 10.6. The van der Waals surface area contributed by atoms with Gasteiger partial charge in [0.25, 0.3) is 0 Å². The molecule has 1 unspecified atom stereocenters. The van der Waals surface area contributed by atoms with Crippen molar-refractivity contribution in [2.75, 3.05) is 20.2 Å². The Kier molecular flexibility index (Phi) is 4.36. The highest BCUT2D eigenvalue weighted by molar-refractivity contribution is 5.82. The van der Waals surface area contributed by atoms with E-state index in [9.17, 15) is 5.11 Å². The van der Waals surface area contributed by atoms with Crippen molar-refractivity contribution in [1.82, 2.24) is 10.3 Å². The monoisotopic (exact) mass is 286 g/mol. The van der Waals surface area contributed by atoms with Crippen LogP contribution >= 0.6 is 0 Å². The maximum Gasteiger partial charge on any atom is 0.213 e. The maximum absolute atomic E-state index is 10.6. The number of fused-ring (bicyclic) bond motifs is 1. The zero-order valence-electron chi connectivity index (χ0n) is 12.4. The molecular weight excluding hydrogens is 264 g/mol. The number of ether oxygens (including phenoxy) is 1. The molecule has 0 radical (unpaired) electrons. The summed E-state index contributed by atoms with van der Waals surface area (Å²) in [7, 11) is 1.61. The summed E-state index contributed by atoms with van der Waals surface area (Å²) < 4.78 is 5.21. The Labute approximate surface area is 125 Å². The molecule has 2 N–H and O–H groups in total. The number of hydrogen-bond acceptors (Lipinski definition) is 4. The summed E-state index contributed by atoms with van der Waals surface area (Å²) in [5.41, 5.74) is 1.75. The molecule has 1 atom stereocenters. The third kappa shape index (κ3) is 3.17. The van der Waals surface area contributed by atoms with Crippen LogP contribution in [0.3, 0.4) is 0 Å². The van der Waals surface area contributed by atoms with E-state index in [0.717, 1.165) is 48.8 Å². The van der Waals surface area contributed by atoms with Crippen LogP contribution < -0.4 is 10.1 Å². The molecule has 4 nitrogen and oxygen atoms in total. The van der Waals surface area contributed by atoms with Crippen molar-refractivity contribution in [2.24, 2.45) is 5.92 Å². The molecule has 1 saturated heterocycles. The molecule has 2 heterocycles. The molecule has 21 heavy (non-hydrogen) atoms. The molecule has 0 amide bonds. The second-order valence-electron chi connectivity index (χ2n) is 5.72. The quantitative estimate of drug-likeness (QED) is 0.907. The third-order valence-electron chi connectivity index (χ3n) is 4.31. The minimum atomic E-state index is -0.462. The zero-order valence-corrected chi connectivity index (χ0v) is 12.4. The highest BCUT2D eigenvalue weighted by Gasteiger charge is 2.20. The van der Waals surface area contributed by atoms with Gasteiger partial charge in [-0.3, -0.25) is 0 Å². The Balaban J connectivity index is 1.87. The number of pyridine rings is 1. The van der Waals surface area contributed by atoms with Gasteiger partial charge in [-0.25, -0.2) is 4.98 Å². The molecule has 1 fully saturated rings. The number of para-hydroxylation sites is 1. The fourth-order valence-electron chi connectivity index (χ4n) is 3.09. The summed E-state index contributed by atoms with van der Waals surface area (Å²) in [5, 5.41) is 15.0. The van der Waals surface area contributed by atoms with Crippen LogP contribution in [-0.4, -0.2) is 30.3 Å². The van der Waals surface area contributed by atoms with E-state index in [-0.39, 0.29) is 0 Å². The molecule has 4 heteroatoms. The van der Waals surface area contributed by atoms with Crippen LogP contribution in [0.2, 0.25) is 0 Å². The third-order valence-corrected chi connectivity index (χ3v) is 4.31. The van der Waals surface area contributed by atoms with Gasteiger partial charge >= 0.3 is 0 Å². The minimum absolute atomic E-state index is 0.462. The Hall–Kier alpha value is -1.65. The van der Waals surface area contributed by atoms with E-state index in [0.29, 0.717) is 11.8 Å². The van der Waals surface area contributed by atoms with Gasteiger partial charge in [-0.15, -0.1) is 0 Å². The van der Waals surface area contributed by atoms with E-state index in [1.165, 1.54) is 0 Å². The molecule has 1 aromatic heterocycles. The van der Waals surface area contributed by atoms with Crippen molar-refractivity contribution in [3.8, 4) is 5.88 Å². The summed E-state index contributed by atoms with van der Waals surface area (Å²) in [6.45, 7) is 2.11. The summed E-state index contributed by atoms with van der Waals surface area (Å²) in [6.07, 6.45) is 2.62. The van der Waals surface area contributed by atoms with Gasteiger partial charge in [-0.1, -0.05) is 18.2 Å². The molecule has 0 spiro atoms. The summed E-state index contributed by atoms with van der Waals surface area (Å²) in [5.74, 6) is 1.17. The van der Waals surface area contributed by atoms with Crippen LogP contribution in [0.1, 0.15) is 30.9 Å². The SMILES string of the molecule is COc1ccc2cccc(C(O)CC3CCNCC3)c2n1. The molecule has 1 aliphatic rings. The smallest absolute Gasteiger partial charge is 0.213 e. The van der Waals surface area contributed by atoms with Gasteiger partial charge in [0.2, 0.25) is 5.88 Å². The lowest BCUT2D eigenvalue weighted by Crippen LogP contribution is -2.28. The van der Waals surface area contributed by atoms with E-state index < -0.39 is 6.10 Å².